The number of pyridine rings is 1. The Morgan fingerprint density at radius 1 is 1.14 bits per heavy atom. The standard InChI is InChI=1S/C27H33FN4O3/c1-17-13-19(15-30-24(17)25(29)34)18-3-8-23(22(28)14-18)31-11-2-9-27(16-31)10-12-32(26(27)35)20-4-6-21(33)7-5-20/h3,8,13-15,20-21,33H,2,4-7,9-12,16H2,1H3,(H2,29,34)/t20-,21+,27-/m0/s1. The number of nitrogens with zero attached hydrogens (tertiary/aromatic N) is 3. The van der Waals surface area contributed by atoms with Crippen LogP contribution in [0.2, 0.25) is 0 Å². The highest BCUT2D eigenvalue weighted by molar-refractivity contribution is 5.92. The van der Waals surface area contributed by atoms with Gasteiger partial charge in [0.15, 0.2) is 0 Å². The number of carbonyl (C=O) groups is 2. The van der Waals surface area contributed by atoms with Crippen LogP contribution < -0.4 is 10.6 Å². The number of piperidine rings is 1. The summed E-state index contributed by atoms with van der Waals surface area (Å²) < 4.78 is 15.3. The van der Waals surface area contributed by atoms with Gasteiger partial charge < -0.3 is 20.6 Å². The number of rotatable bonds is 4. The lowest BCUT2D eigenvalue weighted by Crippen LogP contribution is -2.50. The van der Waals surface area contributed by atoms with Crippen molar-refractivity contribution in [3.05, 3.63) is 47.5 Å². The number of halogens is 1. The Morgan fingerprint density at radius 3 is 2.60 bits per heavy atom. The van der Waals surface area contributed by atoms with Gasteiger partial charge in [-0.3, -0.25) is 14.6 Å². The van der Waals surface area contributed by atoms with Crippen molar-refractivity contribution < 1.29 is 19.1 Å². The molecule has 2 aliphatic heterocycles. The second-order valence-electron chi connectivity index (χ2n) is 10.4. The van der Waals surface area contributed by atoms with E-state index >= 15 is 4.39 Å². The summed E-state index contributed by atoms with van der Waals surface area (Å²) in [4.78, 5) is 33.2. The molecule has 0 unspecified atom stereocenters. The van der Waals surface area contributed by atoms with E-state index in [1.54, 1.807) is 19.1 Å². The molecule has 2 aromatic rings. The maximum absolute atomic E-state index is 15.3. The highest BCUT2D eigenvalue weighted by Gasteiger charge is 2.50. The molecule has 0 bridgehead atoms. The second-order valence-corrected chi connectivity index (χ2v) is 10.4. The molecule has 2 saturated heterocycles. The molecule has 35 heavy (non-hydrogen) atoms. The fourth-order valence-corrected chi connectivity index (χ4v) is 6.22. The van der Waals surface area contributed by atoms with Gasteiger partial charge in [-0.1, -0.05) is 6.07 Å². The number of hydrogen-bond acceptors (Lipinski definition) is 5. The number of aryl methyl sites for hydroxylation is 1. The number of amides is 2. The van der Waals surface area contributed by atoms with E-state index in [0.29, 0.717) is 28.9 Å². The summed E-state index contributed by atoms with van der Waals surface area (Å²) in [6, 6.07) is 7.13. The molecule has 1 aliphatic carbocycles. The molecule has 3 fully saturated rings. The number of carbonyl (C=O) groups excluding carboxylic acids is 2. The average molecular weight is 481 g/mol. The molecule has 1 atom stereocenters. The number of hydrogen-bond donors (Lipinski definition) is 2. The van der Waals surface area contributed by atoms with E-state index in [-0.39, 0.29) is 29.6 Å². The van der Waals surface area contributed by atoms with Crippen LogP contribution in [0.4, 0.5) is 10.1 Å². The second kappa shape index (κ2) is 9.22. The van der Waals surface area contributed by atoms with Crippen molar-refractivity contribution in [1.82, 2.24) is 9.88 Å². The lowest BCUT2D eigenvalue weighted by Gasteiger charge is -2.41. The minimum atomic E-state index is -0.587. The molecule has 3 aliphatic rings. The van der Waals surface area contributed by atoms with Crippen molar-refractivity contribution in [3.8, 4) is 11.1 Å². The average Bonchev–Trinajstić information content (AvgIpc) is 3.14. The van der Waals surface area contributed by atoms with Crippen molar-refractivity contribution in [2.45, 2.75) is 64.0 Å². The number of likely N-dealkylation sites (tertiary alicyclic amines) is 1. The fraction of sp³-hybridized carbons (Fsp3) is 0.519. The van der Waals surface area contributed by atoms with Crippen LogP contribution in [-0.2, 0) is 4.79 Å². The third-order valence-corrected chi connectivity index (χ3v) is 8.16. The molecule has 7 nitrogen and oxygen atoms in total. The van der Waals surface area contributed by atoms with Gasteiger partial charge in [-0.2, -0.15) is 0 Å². The molecule has 3 N–H and O–H groups in total. The van der Waals surface area contributed by atoms with E-state index in [4.69, 9.17) is 5.73 Å². The fourth-order valence-electron chi connectivity index (χ4n) is 6.22. The van der Waals surface area contributed by atoms with Gasteiger partial charge in [-0.25, -0.2) is 4.39 Å². The molecule has 5 rings (SSSR count). The number of benzene rings is 1. The van der Waals surface area contributed by atoms with Crippen LogP contribution in [0.5, 0.6) is 0 Å². The van der Waals surface area contributed by atoms with Crippen LogP contribution >= 0.6 is 0 Å². The van der Waals surface area contributed by atoms with E-state index < -0.39 is 11.3 Å². The maximum Gasteiger partial charge on any atom is 0.267 e. The highest BCUT2D eigenvalue weighted by atomic mass is 19.1. The number of aliphatic hydroxyl groups is 1. The third kappa shape index (κ3) is 4.40. The molecule has 2 amide bonds. The SMILES string of the molecule is Cc1cc(-c2ccc(N3CCC[C@]4(CCN([C@H]5CC[C@@H](O)CC5)C4=O)C3)c(F)c2)cnc1C(N)=O. The van der Waals surface area contributed by atoms with Gasteiger partial charge in [-0.05, 0) is 81.2 Å². The molecular formula is C27H33FN4O3. The van der Waals surface area contributed by atoms with Crippen LogP contribution in [0.1, 0.15) is 61.0 Å². The Balaban J connectivity index is 1.33. The Bertz CT molecular complexity index is 1150. The molecule has 186 valence electrons. The quantitative estimate of drug-likeness (QED) is 0.699. The van der Waals surface area contributed by atoms with E-state index in [2.05, 4.69) is 4.98 Å². The summed E-state index contributed by atoms with van der Waals surface area (Å²) in [5.74, 6) is -0.716. The number of primary amides is 1. The summed E-state index contributed by atoms with van der Waals surface area (Å²) in [7, 11) is 0. The number of aromatic nitrogens is 1. The van der Waals surface area contributed by atoms with Crippen molar-refractivity contribution in [3.63, 3.8) is 0 Å². The van der Waals surface area contributed by atoms with Gasteiger partial charge >= 0.3 is 0 Å². The molecule has 3 heterocycles. The zero-order valence-electron chi connectivity index (χ0n) is 20.2. The molecule has 1 aromatic carbocycles. The normalized spacial score (nSPS) is 27.0. The summed E-state index contributed by atoms with van der Waals surface area (Å²) in [5, 5.41) is 9.84. The van der Waals surface area contributed by atoms with Crippen LogP contribution in [-0.4, -0.2) is 58.6 Å². The van der Waals surface area contributed by atoms with Crippen LogP contribution in [0.15, 0.2) is 30.5 Å². The molecule has 1 saturated carbocycles. The monoisotopic (exact) mass is 480 g/mol. The van der Waals surface area contributed by atoms with Gasteiger partial charge in [-0.15, -0.1) is 0 Å². The first-order valence-corrected chi connectivity index (χ1v) is 12.6. The topological polar surface area (TPSA) is 99.8 Å². The van der Waals surface area contributed by atoms with Crippen molar-refractivity contribution in [2.75, 3.05) is 24.5 Å². The summed E-state index contributed by atoms with van der Waals surface area (Å²) in [5.41, 5.74) is 7.65. The van der Waals surface area contributed by atoms with Crippen molar-refractivity contribution in [2.24, 2.45) is 11.1 Å². The van der Waals surface area contributed by atoms with E-state index in [0.717, 1.165) is 58.0 Å². The lowest BCUT2D eigenvalue weighted by atomic mass is 9.78. The smallest absolute Gasteiger partial charge is 0.267 e. The number of nitrogens with two attached hydrogens (primary N) is 1. The predicted octanol–water partition coefficient (Wildman–Crippen LogP) is 3.42. The molecule has 8 heteroatoms. The van der Waals surface area contributed by atoms with Gasteiger partial charge in [0.1, 0.15) is 11.5 Å². The van der Waals surface area contributed by atoms with Crippen LogP contribution in [0.3, 0.4) is 0 Å². The minimum absolute atomic E-state index is 0.205. The predicted molar refractivity (Wildman–Crippen MR) is 131 cm³/mol. The largest absolute Gasteiger partial charge is 0.393 e. The Labute approximate surface area is 205 Å². The maximum atomic E-state index is 15.3. The summed E-state index contributed by atoms with van der Waals surface area (Å²) >= 11 is 0. The zero-order valence-corrected chi connectivity index (χ0v) is 20.2. The lowest BCUT2D eigenvalue weighted by molar-refractivity contribution is -0.139. The highest BCUT2D eigenvalue weighted by Crippen LogP contribution is 2.44. The van der Waals surface area contributed by atoms with Gasteiger partial charge in [0.05, 0.1) is 17.2 Å². The summed E-state index contributed by atoms with van der Waals surface area (Å²) in [6.07, 6.45) is 7.01. The molecule has 1 aromatic heterocycles. The van der Waals surface area contributed by atoms with Gasteiger partial charge in [0.2, 0.25) is 5.91 Å². The first-order chi connectivity index (χ1) is 16.8. The molecular weight excluding hydrogens is 447 g/mol. The Hall–Kier alpha value is -3.00. The van der Waals surface area contributed by atoms with Crippen molar-refractivity contribution in [1.29, 1.82) is 0 Å². The first kappa shape index (κ1) is 23.7. The zero-order chi connectivity index (χ0) is 24.7. The van der Waals surface area contributed by atoms with Gasteiger partial charge in [0.25, 0.3) is 5.91 Å². The number of aliphatic hydroxyl groups excluding tert-OH is 1. The van der Waals surface area contributed by atoms with Crippen molar-refractivity contribution >= 4 is 17.5 Å². The van der Waals surface area contributed by atoms with E-state index in [1.165, 1.54) is 12.3 Å². The summed E-state index contributed by atoms with van der Waals surface area (Å²) in [6.45, 7) is 3.76. The first-order valence-electron chi connectivity index (χ1n) is 12.6. The van der Waals surface area contributed by atoms with Gasteiger partial charge in [0, 0.05) is 37.4 Å². The molecule has 0 radical (unpaired) electrons. The Kier molecular flexibility index (Phi) is 6.25. The van der Waals surface area contributed by atoms with Crippen LogP contribution in [0.25, 0.3) is 11.1 Å². The molecule has 1 spiro atoms. The van der Waals surface area contributed by atoms with E-state index in [9.17, 15) is 14.7 Å². The minimum Gasteiger partial charge on any atom is -0.393 e. The Morgan fingerprint density at radius 2 is 1.91 bits per heavy atom. The van der Waals surface area contributed by atoms with Crippen LogP contribution in [0, 0.1) is 18.2 Å². The van der Waals surface area contributed by atoms with E-state index in [1.807, 2.05) is 15.9 Å². The third-order valence-electron chi connectivity index (χ3n) is 8.16. The number of anilines is 1.